The molecule has 3 rings (SSSR count). The highest BCUT2D eigenvalue weighted by molar-refractivity contribution is 9.10. The van der Waals surface area contributed by atoms with Gasteiger partial charge in [0.15, 0.2) is 5.76 Å². The second-order valence-corrected chi connectivity index (χ2v) is 6.20. The first-order valence-electron chi connectivity index (χ1n) is 6.59. The van der Waals surface area contributed by atoms with Crippen molar-refractivity contribution in [1.82, 2.24) is 5.32 Å². The second kappa shape index (κ2) is 6.12. The van der Waals surface area contributed by atoms with Gasteiger partial charge in [-0.25, -0.2) is 0 Å². The van der Waals surface area contributed by atoms with Gasteiger partial charge in [-0.2, -0.15) is 0 Å². The molecular weight excluding hydrogens is 358 g/mol. The number of benzene rings is 1. The Kier molecular flexibility index (Phi) is 4.22. The summed E-state index contributed by atoms with van der Waals surface area (Å²) in [5, 5.41) is 3.39. The highest BCUT2D eigenvalue weighted by atomic mass is 79.9. The lowest BCUT2D eigenvalue weighted by molar-refractivity contribution is 0.0919. The number of carbonyl (C=O) groups excluding carboxylic acids is 1. The smallest absolute Gasteiger partial charge is 0.287 e. The number of amides is 1. The number of hydrogen-bond donors (Lipinski definition) is 1. The fourth-order valence-corrected chi connectivity index (χ4v) is 2.53. The lowest BCUT2D eigenvalue weighted by Gasteiger charge is -2.06. The highest BCUT2D eigenvalue weighted by Crippen LogP contribution is 2.28. The van der Waals surface area contributed by atoms with Gasteiger partial charge in [0, 0.05) is 10.5 Å². The van der Waals surface area contributed by atoms with Crippen molar-refractivity contribution >= 4 is 33.4 Å². The maximum absolute atomic E-state index is 11.8. The van der Waals surface area contributed by atoms with Crippen LogP contribution in [0.25, 0.3) is 0 Å². The SMILES string of the molecule is O=C(NC1CC1)c1ccc(COc2ccc(Br)cc2Cl)o1. The zero-order valence-corrected chi connectivity index (χ0v) is 13.4. The summed E-state index contributed by atoms with van der Waals surface area (Å²) in [5.74, 6) is 1.28. The summed E-state index contributed by atoms with van der Waals surface area (Å²) in [5.41, 5.74) is 0. The molecule has 1 aliphatic rings. The highest BCUT2D eigenvalue weighted by Gasteiger charge is 2.25. The summed E-state index contributed by atoms with van der Waals surface area (Å²) in [4.78, 5) is 11.8. The van der Waals surface area contributed by atoms with Crippen LogP contribution < -0.4 is 10.1 Å². The Morgan fingerprint density at radius 1 is 1.38 bits per heavy atom. The molecule has 110 valence electrons. The summed E-state index contributed by atoms with van der Waals surface area (Å²) in [6.45, 7) is 0.220. The summed E-state index contributed by atoms with van der Waals surface area (Å²) in [7, 11) is 0. The third-order valence-electron chi connectivity index (χ3n) is 3.06. The molecule has 0 atom stereocenters. The fraction of sp³-hybridized carbons (Fsp3) is 0.267. The van der Waals surface area contributed by atoms with Gasteiger partial charge in [0.05, 0.1) is 5.02 Å². The number of nitrogens with one attached hydrogen (secondary N) is 1. The van der Waals surface area contributed by atoms with Crippen LogP contribution in [-0.4, -0.2) is 11.9 Å². The van der Waals surface area contributed by atoms with E-state index < -0.39 is 0 Å². The van der Waals surface area contributed by atoms with E-state index in [1.165, 1.54) is 0 Å². The molecule has 2 aromatic rings. The van der Waals surface area contributed by atoms with Gasteiger partial charge in [0.25, 0.3) is 5.91 Å². The molecule has 4 nitrogen and oxygen atoms in total. The number of carbonyl (C=O) groups is 1. The molecule has 1 aromatic heterocycles. The van der Waals surface area contributed by atoms with E-state index in [0.717, 1.165) is 17.3 Å². The van der Waals surface area contributed by atoms with Crippen molar-refractivity contribution in [2.75, 3.05) is 0 Å². The Labute approximate surface area is 135 Å². The van der Waals surface area contributed by atoms with Crippen molar-refractivity contribution in [1.29, 1.82) is 0 Å². The van der Waals surface area contributed by atoms with E-state index in [4.69, 9.17) is 20.8 Å². The summed E-state index contributed by atoms with van der Waals surface area (Å²) in [6.07, 6.45) is 2.09. The first-order valence-corrected chi connectivity index (χ1v) is 7.76. The minimum Gasteiger partial charge on any atom is -0.484 e. The maximum atomic E-state index is 11.8. The van der Waals surface area contributed by atoms with E-state index in [9.17, 15) is 4.79 Å². The molecule has 1 aliphatic carbocycles. The molecule has 0 bridgehead atoms. The number of furan rings is 1. The number of ether oxygens (including phenoxy) is 1. The minimum atomic E-state index is -0.176. The van der Waals surface area contributed by atoms with E-state index in [2.05, 4.69) is 21.2 Å². The van der Waals surface area contributed by atoms with E-state index in [1.54, 1.807) is 24.3 Å². The largest absolute Gasteiger partial charge is 0.484 e. The van der Waals surface area contributed by atoms with Crippen molar-refractivity contribution in [3.05, 3.63) is 51.3 Å². The van der Waals surface area contributed by atoms with Gasteiger partial charge in [0.1, 0.15) is 18.1 Å². The van der Waals surface area contributed by atoms with E-state index in [-0.39, 0.29) is 12.5 Å². The van der Waals surface area contributed by atoms with Gasteiger partial charge >= 0.3 is 0 Å². The number of rotatable bonds is 5. The van der Waals surface area contributed by atoms with Crippen molar-refractivity contribution in [2.24, 2.45) is 0 Å². The molecule has 1 fully saturated rings. The second-order valence-electron chi connectivity index (χ2n) is 4.88. The van der Waals surface area contributed by atoms with Crippen LogP contribution in [0.2, 0.25) is 5.02 Å². The van der Waals surface area contributed by atoms with Crippen LogP contribution in [0, 0.1) is 0 Å². The molecule has 0 saturated heterocycles. The van der Waals surface area contributed by atoms with Gasteiger partial charge in [-0.3, -0.25) is 4.79 Å². The molecule has 6 heteroatoms. The Morgan fingerprint density at radius 3 is 2.90 bits per heavy atom. The van der Waals surface area contributed by atoms with Gasteiger partial charge in [0.2, 0.25) is 0 Å². The normalized spacial score (nSPS) is 14.0. The third-order valence-corrected chi connectivity index (χ3v) is 3.85. The van der Waals surface area contributed by atoms with Crippen LogP contribution in [0.5, 0.6) is 5.75 Å². The Balaban J connectivity index is 1.60. The van der Waals surface area contributed by atoms with E-state index in [0.29, 0.717) is 28.3 Å². The van der Waals surface area contributed by atoms with Crippen LogP contribution in [0.3, 0.4) is 0 Å². The molecule has 1 heterocycles. The van der Waals surface area contributed by atoms with Gasteiger partial charge in [-0.15, -0.1) is 0 Å². The monoisotopic (exact) mass is 369 g/mol. The summed E-state index contributed by atoms with van der Waals surface area (Å²) < 4.78 is 11.9. The first-order chi connectivity index (χ1) is 10.1. The zero-order chi connectivity index (χ0) is 14.8. The molecule has 21 heavy (non-hydrogen) atoms. The standard InChI is InChI=1S/C15H13BrClNO3/c16-9-1-5-13(12(17)7-9)20-8-11-4-6-14(21-11)15(19)18-10-2-3-10/h1,4-7,10H,2-3,8H2,(H,18,19). The van der Waals surface area contributed by atoms with Gasteiger partial charge in [-0.05, 0) is 43.2 Å². The van der Waals surface area contributed by atoms with Gasteiger partial charge in [-0.1, -0.05) is 27.5 Å². The van der Waals surface area contributed by atoms with Crippen LogP contribution in [0.4, 0.5) is 0 Å². The summed E-state index contributed by atoms with van der Waals surface area (Å²) >= 11 is 9.40. The van der Waals surface area contributed by atoms with Gasteiger partial charge < -0.3 is 14.5 Å². The zero-order valence-electron chi connectivity index (χ0n) is 11.1. The van der Waals surface area contributed by atoms with E-state index in [1.807, 2.05) is 6.07 Å². The van der Waals surface area contributed by atoms with Crippen molar-refractivity contribution in [2.45, 2.75) is 25.5 Å². The molecular formula is C15H13BrClNO3. The topological polar surface area (TPSA) is 51.5 Å². The average Bonchev–Trinajstić information content (AvgIpc) is 3.13. The van der Waals surface area contributed by atoms with Crippen molar-refractivity contribution in [3.8, 4) is 5.75 Å². The van der Waals surface area contributed by atoms with Crippen LogP contribution in [0.1, 0.15) is 29.2 Å². The lowest BCUT2D eigenvalue weighted by atomic mass is 10.3. The van der Waals surface area contributed by atoms with Crippen molar-refractivity contribution < 1.29 is 13.9 Å². The Hall–Kier alpha value is -1.46. The molecule has 1 N–H and O–H groups in total. The number of hydrogen-bond acceptors (Lipinski definition) is 3. The molecule has 0 radical (unpaired) electrons. The van der Waals surface area contributed by atoms with E-state index >= 15 is 0 Å². The maximum Gasteiger partial charge on any atom is 0.287 e. The Bertz CT molecular complexity index is 667. The Morgan fingerprint density at radius 2 is 2.19 bits per heavy atom. The van der Waals surface area contributed by atoms with Crippen LogP contribution in [-0.2, 0) is 6.61 Å². The molecule has 0 spiro atoms. The predicted molar refractivity (Wildman–Crippen MR) is 82.7 cm³/mol. The molecule has 0 aliphatic heterocycles. The molecule has 0 unspecified atom stereocenters. The lowest BCUT2D eigenvalue weighted by Crippen LogP contribution is -2.24. The molecule has 1 saturated carbocycles. The summed E-state index contributed by atoms with van der Waals surface area (Å²) in [6, 6.07) is 9.07. The predicted octanol–water partition coefficient (Wildman–Crippen LogP) is 4.17. The molecule has 1 aromatic carbocycles. The quantitative estimate of drug-likeness (QED) is 0.859. The minimum absolute atomic E-state index is 0.176. The van der Waals surface area contributed by atoms with Crippen molar-refractivity contribution in [3.63, 3.8) is 0 Å². The van der Waals surface area contributed by atoms with Crippen LogP contribution in [0.15, 0.2) is 39.2 Å². The van der Waals surface area contributed by atoms with Crippen LogP contribution >= 0.6 is 27.5 Å². The first kappa shape index (κ1) is 14.5. The number of halogens is 2. The molecule has 1 amide bonds. The third kappa shape index (κ3) is 3.80. The average molecular weight is 371 g/mol. The fourth-order valence-electron chi connectivity index (χ4n) is 1.80.